The highest BCUT2D eigenvalue weighted by Gasteiger charge is 2.17. The molecule has 0 unspecified atom stereocenters. The van der Waals surface area contributed by atoms with Crippen molar-refractivity contribution in [2.45, 2.75) is 6.92 Å². The third-order valence-corrected chi connectivity index (χ3v) is 3.26. The van der Waals surface area contributed by atoms with Gasteiger partial charge in [-0.05, 0) is 25.1 Å². The minimum absolute atomic E-state index is 0.122. The molecule has 0 bridgehead atoms. The molecule has 21 heavy (non-hydrogen) atoms. The second kappa shape index (κ2) is 4.82. The quantitative estimate of drug-likeness (QED) is 0.534. The molecule has 0 saturated carbocycles. The van der Waals surface area contributed by atoms with Gasteiger partial charge in [0, 0.05) is 6.07 Å². The van der Waals surface area contributed by atoms with Crippen LogP contribution in [0.25, 0.3) is 16.6 Å². The maximum absolute atomic E-state index is 12.6. The number of aryl methyl sites for hydroxylation is 1. The summed E-state index contributed by atoms with van der Waals surface area (Å²) in [4.78, 5) is 27.4. The normalized spacial score (nSPS) is 10.7. The monoisotopic (exact) mass is 281 g/mol. The summed E-state index contributed by atoms with van der Waals surface area (Å²) in [5.74, 6) is 0.410. The number of fused-ring (bicyclic) bond motifs is 1. The summed E-state index contributed by atoms with van der Waals surface area (Å²) >= 11 is 0. The summed E-state index contributed by atoms with van der Waals surface area (Å²) in [6.45, 7) is 1.66. The van der Waals surface area contributed by atoms with Gasteiger partial charge in [-0.25, -0.2) is 4.98 Å². The Kier molecular flexibility index (Phi) is 2.98. The fourth-order valence-electron chi connectivity index (χ4n) is 2.33. The molecule has 0 spiro atoms. The number of nitro groups is 1. The predicted molar refractivity (Wildman–Crippen MR) is 78.7 cm³/mol. The summed E-state index contributed by atoms with van der Waals surface area (Å²) < 4.78 is 1.45. The summed E-state index contributed by atoms with van der Waals surface area (Å²) in [5, 5.41) is 11.3. The fraction of sp³-hybridized carbons (Fsp3) is 0.0667. The molecule has 0 aliphatic rings. The molecule has 3 aromatic rings. The van der Waals surface area contributed by atoms with Crippen molar-refractivity contribution in [2.75, 3.05) is 0 Å². The first-order chi connectivity index (χ1) is 10.1. The van der Waals surface area contributed by atoms with Crippen LogP contribution < -0.4 is 5.56 Å². The highest BCUT2D eigenvalue weighted by Crippen LogP contribution is 2.22. The molecule has 0 radical (unpaired) electrons. The van der Waals surface area contributed by atoms with E-state index >= 15 is 0 Å². The zero-order valence-electron chi connectivity index (χ0n) is 11.2. The number of benzene rings is 2. The second-order valence-electron chi connectivity index (χ2n) is 4.57. The van der Waals surface area contributed by atoms with Crippen LogP contribution in [-0.2, 0) is 0 Å². The fourth-order valence-corrected chi connectivity index (χ4v) is 2.33. The van der Waals surface area contributed by atoms with E-state index in [1.165, 1.54) is 16.7 Å². The average molecular weight is 281 g/mol. The Hall–Kier alpha value is -3.02. The molecule has 0 amide bonds. The largest absolute Gasteiger partial charge is 0.295 e. The Morgan fingerprint density at radius 1 is 1.10 bits per heavy atom. The first-order valence-corrected chi connectivity index (χ1v) is 6.32. The number of non-ortho nitro benzene ring substituents is 1. The van der Waals surface area contributed by atoms with E-state index < -0.39 is 4.92 Å². The Morgan fingerprint density at radius 3 is 2.48 bits per heavy atom. The molecular weight excluding hydrogens is 270 g/mol. The summed E-state index contributed by atoms with van der Waals surface area (Å²) in [6.07, 6.45) is 0. The summed E-state index contributed by atoms with van der Waals surface area (Å²) in [7, 11) is 0. The molecule has 6 nitrogen and oxygen atoms in total. The van der Waals surface area contributed by atoms with Crippen LogP contribution in [0.5, 0.6) is 0 Å². The molecular formula is C15H11N3O3. The van der Waals surface area contributed by atoms with Gasteiger partial charge in [-0.2, -0.15) is 0 Å². The van der Waals surface area contributed by atoms with Crippen molar-refractivity contribution in [3.05, 3.63) is 74.8 Å². The van der Waals surface area contributed by atoms with Crippen molar-refractivity contribution in [1.82, 2.24) is 9.55 Å². The molecule has 1 heterocycles. The van der Waals surface area contributed by atoms with Gasteiger partial charge in [0.15, 0.2) is 5.52 Å². The number of nitro benzene ring substituents is 1. The van der Waals surface area contributed by atoms with Gasteiger partial charge in [0.1, 0.15) is 5.82 Å². The third-order valence-electron chi connectivity index (χ3n) is 3.26. The zero-order chi connectivity index (χ0) is 15.0. The molecule has 0 aliphatic heterocycles. The van der Waals surface area contributed by atoms with Crippen LogP contribution in [0.3, 0.4) is 0 Å². The Labute approximate surface area is 119 Å². The Bertz CT molecular complexity index is 901. The molecule has 0 fully saturated rings. The van der Waals surface area contributed by atoms with Gasteiger partial charge in [-0.1, -0.05) is 24.3 Å². The van der Waals surface area contributed by atoms with Gasteiger partial charge in [0.05, 0.1) is 16.0 Å². The lowest BCUT2D eigenvalue weighted by atomic mass is 10.2. The lowest BCUT2D eigenvalue weighted by Crippen LogP contribution is -2.22. The van der Waals surface area contributed by atoms with E-state index in [-0.39, 0.29) is 22.1 Å². The SMILES string of the molecule is Cc1nc2c([N+](=O)[O-])cccc2c(=O)n1-c1ccccc1. The van der Waals surface area contributed by atoms with Gasteiger partial charge in [0.25, 0.3) is 11.2 Å². The smallest absolute Gasteiger partial charge is 0.268 e. The van der Waals surface area contributed by atoms with Crippen molar-refractivity contribution in [2.24, 2.45) is 0 Å². The molecule has 1 aromatic heterocycles. The van der Waals surface area contributed by atoms with Crippen molar-refractivity contribution in [3.8, 4) is 5.69 Å². The van der Waals surface area contributed by atoms with Crippen LogP contribution in [-0.4, -0.2) is 14.5 Å². The highest BCUT2D eigenvalue weighted by molar-refractivity contribution is 5.86. The maximum Gasteiger partial charge on any atom is 0.295 e. The molecule has 3 rings (SSSR count). The number of rotatable bonds is 2. The van der Waals surface area contributed by atoms with Crippen LogP contribution in [0.2, 0.25) is 0 Å². The number of aromatic nitrogens is 2. The van der Waals surface area contributed by atoms with Crippen molar-refractivity contribution in [3.63, 3.8) is 0 Å². The summed E-state index contributed by atoms with van der Waals surface area (Å²) in [6, 6.07) is 13.5. The third kappa shape index (κ3) is 2.06. The minimum Gasteiger partial charge on any atom is -0.268 e. The van der Waals surface area contributed by atoms with Crippen LogP contribution in [0.1, 0.15) is 5.82 Å². The molecule has 0 N–H and O–H groups in total. The molecule has 104 valence electrons. The molecule has 0 saturated heterocycles. The van der Waals surface area contributed by atoms with Crippen molar-refractivity contribution < 1.29 is 4.92 Å². The number of hydrogen-bond acceptors (Lipinski definition) is 4. The first-order valence-electron chi connectivity index (χ1n) is 6.32. The second-order valence-corrected chi connectivity index (χ2v) is 4.57. The lowest BCUT2D eigenvalue weighted by Gasteiger charge is -2.10. The van der Waals surface area contributed by atoms with Crippen LogP contribution in [0.15, 0.2) is 53.3 Å². The molecule has 0 atom stereocenters. The molecule has 6 heteroatoms. The standard InChI is InChI=1S/C15H11N3O3/c1-10-16-14-12(8-5-9-13(14)18(20)21)15(19)17(10)11-6-3-2-4-7-11/h2-9H,1H3. The van der Waals surface area contributed by atoms with E-state index in [0.29, 0.717) is 11.5 Å². The van der Waals surface area contributed by atoms with Crippen LogP contribution >= 0.6 is 0 Å². The zero-order valence-corrected chi connectivity index (χ0v) is 11.2. The van der Waals surface area contributed by atoms with Gasteiger partial charge >= 0.3 is 0 Å². The van der Waals surface area contributed by atoms with E-state index in [1.807, 2.05) is 18.2 Å². The van der Waals surface area contributed by atoms with E-state index in [4.69, 9.17) is 0 Å². The van der Waals surface area contributed by atoms with Crippen molar-refractivity contribution in [1.29, 1.82) is 0 Å². The van der Waals surface area contributed by atoms with E-state index in [9.17, 15) is 14.9 Å². The Morgan fingerprint density at radius 2 is 1.81 bits per heavy atom. The van der Waals surface area contributed by atoms with Gasteiger partial charge in [-0.3, -0.25) is 19.5 Å². The first kappa shape index (κ1) is 13.0. The van der Waals surface area contributed by atoms with Crippen molar-refractivity contribution >= 4 is 16.6 Å². The lowest BCUT2D eigenvalue weighted by molar-refractivity contribution is -0.383. The Balaban J connectivity index is 2.41. The van der Waals surface area contributed by atoms with Gasteiger partial charge in [-0.15, -0.1) is 0 Å². The number of nitrogens with zero attached hydrogens (tertiary/aromatic N) is 3. The van der Waals surface area contributed by atoms with Crippen LogP contribution in [0.4, 0.5) is 5.69 Å². The van der Waals surface area contributed by atoms with E-state index in [2.05, 4.69) is 4.98 Å². The predicted octanol–water partition coefficient (Wildman–Crippen LogP) is 2.60. The molecule has 0 aliphatic carbocycles. The molecule has 2 aromatic carbocycles. The number of para-hydroxylation sites is 2. The van der Waals surface area contributed by atoms with Gasteiger partial charge < -0.3 is 0 Å². The maximum atomic E-state index is 12.6. The number of hydrogen-bond donors (Lipinski definition) is 0. The van der Waals surface area contributed by atoms with E-state index in [1.54, 1.807) is 25.1 Å². The minimum atomic E-state index is -0.527. The van der Waals surface area contributed by atoms with Crippen LogP contribution in [0, 0.1) is 17.0 Å². The highest BCUT2D eigenvalue weighted by atomic mass is 16.6. The van der Waals surface area contributed by atoms with E-state index in [0.717, 1.165) is 0 Å². The topological polar surface area (TPSA) is 78.0 Å². The average Bonchev–Trinajstić information content (AvgIpc) is 2.47. The van der Waals surface area contributed by atoms with Gasteiger partial charge in [0.2, 0.25) is 0 Å². The summed E-state index contributed by atoms with van der Waals surface area (Å²) in [5.41, 5.74) is 0.332.